The first-order chi connectivity index (χ1) is 14.0. The zero-order chi connectivity index (χ0) is 22.5. The van der Waals surface area contributed by atoms with E-state index in [0.29, 0.717) is 24.1 Å². The van der Waals surface area contributed by atoms with Crippen LogP contribution < -0.4 is 0 Å². The van der Waals surface area contributed by atoms with E-state index >= 15 is 0 Å². The molecular weight excluding hydrogens is 418 g/mol. The minimum atomic E-state index is -3.79. The van der Waals surface area contributed by atoms with E-state index in [9.17, 15) is 22.8 Å². The molecule has 1 unspecified atom stereocenters. The van der Waals surface area contributed by atoms with Crippen LogP contribution in [-0.2, 0) is 29.2 Å². The van der Waals surface area contributed by atoms with E-state index in [2.05, 4.69) is 16.9 Å². The fraction of sp³-hybridized carbons (Fsp3) is 0.824. The number of rotatable bonds is 8. The van der Waals surface area contributed by atoms with Gasteiger partial charge in [-0.05, 0) is 24.3 Å². The van der Waals surface area contributed by atoms with Crippen molar-refractivity contribution in [2.75, 3.05) is 25.4 Å². The molecule has 12 nitrogen and oxygen atoms in total. The molecule has 2 heterocycles. The van der Waals surface area contributed by atoms with Crippen molar-refractivity contribution in [3.8, 4) is 0 Å². The van der Waals surface area contributed by atoms with E-state index in [0.717, 1.165) is 12.8 Å². The van der Waals surface area contributed by atoms with Crippen molar-refractivity contribution in [1.82, 2.24) is 9.37 Å². The monoisotopic (exact) mass is 445 g/mol. The zero-order valence-corrected chi connectivity index (χ0v) is 18.1. The summed E-state index contributed by atoms with van der Waals surface area (Å²) in [6.07, 6.45) is -1.32. The molecule has 1 atom stereocenters. The Balaban J connectivity index is 2.15. The molecule has 2 rings (SSSR count). The summed E-state index contributed by atoms with van der Waals surface area (Å²) in [5.41, 5.74) is 7.57. The summed E-state index contributed by atoms with van der Waals surface area (Å²) in [4.78, 5) is 42.8. The highest BCUT2D eigenvalue weighted by molar-refractivity contribution is 7.89. The van der Waals surface area contributed by atoms with Crippen molar-refractivity contribution >= 4 is 28.0 Å². The molecule has 13 heteroatoms. The fourth-order valence-electron chi connectivity index (χ4n) is 3.16. The Kier molecular flexibility index (Phi) is 7.67. The molecule has 0 aromatic rings. The molecule has 2 aliphatic rings. The third-order valence-electron chi connectivity index (χ3n) is 5.32. The summed E-state index contributed by atoms with van der Waals surface area (Å²) >= 11 is 0. The molecule has 2 amide bonds. The quantitative estimate of drug-likeness (QED) is 0.181. The van der Waals surface area contributed by atoms with Gasteiger partial charge in [-0.15, -0.1) is 0 Å². The van der Waals surface area contributed by atoms with Crippen LogP contribution in [-0.4, -0.2) is 67.2 Å². The van der Waals surface area contributed by atoms with Crippen LogP contribution in [0.1, 0.15) is 46.5 Å². The number of hydrogen-bond acceptors (Lipinski definition) is 8. The average molecular weight is 445 g/mol. The van der Waals surface area contributed by atoms with Gasteiger partial charge in [0.05, 0.1) is 0 Å². The number of ether oxygens (including phenoxy) is 1. The first-order valence-corrected chi connectivity index (χ1v) is 11.3. The molecule has 30 heavy (non-hydrogen) atoms. The Hall–Kier alpha value is -2.37. The number of carbonyl (C=O) groups excluding carboxylic acids is 3. The van der Waals surface area contributed by atoms with E-state index in [1.165, 1.54) is 4.31 Å². The maximum Gasteiger partial charge on any atom is 0.534 e. The predicted molar refractivity (Wildman–Crippen MR) is 104 cm³/mol. The molecule has 0 aromatic heterocycles. The van der Waals surface area contributed by atoms with E-state index in [-0.39, 0.29) is 19.4 Å². The lowest BCUT2D eigenvalue weighted by molar-refractivity contribution is -0.179. The van der Waals surface area contributed by atoms with Gasteiger partial charge in [-0.3, -0.25) is 14.4 Å². The Morgan fingerprint density at radius 1 is 1.27 bits per heavy atom. The topological polar surface area (TPSA) is 159 Å². The van der Waals surface area contributed by atoms with Crippen molar-refractivity contribution in [2.24, 2.45) is 16.4 Å². The lowest BCUT2D eigenvalue weighted by Gasteiger charge is -2.35. The summed E-state index contributed by atoms with van der Waals surface area (Å²) in [6, 6.07) is 0. The summed E-state index contributed by atoms with van der Waals surface area (Å²) < 4.78 is 32.4. The van der Waals surface area contributed by atoms with Gasteiger partial charge in [0.1, 0.15) is 11.9 Å². The summed E-state index contributed by atoms with van der Waals surface area (Å²) in [6.45, 7) is 5.81. The first kappa shape index (κ1) is 23.9. The van der Waals surface area contributed by atoms with Crippen LogP contribution in [0.15, 0.2) is 5.11 Å². The third-order valence-corrected chi connectivity index (χ3v) is 7.20. The van der Waals surface area contributed by atoms with E-state index in [1.54, 1.807) is 13.8 Å². The summed E-state index contributed by atoms with van der Waals surface area (Å²) in [5, 5.41) is 3.79. The van der Waals surface area contributed by atoms with Crippen molar-refractivity contribution < 1.29 is 32.4 Å². The maximum atomic E-state index is 12.9. The second kappa shape index (κ2) is 9.63. The molecule has 0 N–H and O–H groups in total. The Bertz CT molecular complexity index is 813. The van der Waals surface area contributed by atoms with Crippen LogP contribution in [0.4, 0.5) is 4.79 Å². The van der Waals surface area contributed by atoms with Crippen LogP contribution in [0.5, 0.6) is 0 Å². The molecule has 0 bridgehead atoms. The number of imide groups is 1. The van der Waals surface area contributed by atoms with E-state index < -0.39 is 45.3 Å². The highest BCUT2D eigenvalue weighted by Crippen LogP contribution is 2.28. The van der Waals surface area contributed by atoms with Gasteiger partial charge in [-0.1, -0.05) is 30.9 Å². The van der Waals surface area contributed by atoms with Gasteiger partial charge >= 0.3 is 6.16 Å². The van der Waals surface area contributed by atoms with Gasteiger partial charge in [-0.2, -0.15) is 0 Å². The summed E-state index contributed by atoms with van der Waals surface area (Å²) in [5.74, 6) is -1.49. The van der Waals surface area contributed by atoms with Gasteiger partial charge in [0.2, 0.25) is 10.0 Å². The van der Waals surface area contributed by atoms with Crippen LogP contribution in [0.25, 0.3) is 10.4 Å². The lowest BCUT2D eigenvalue weighted by atomic mass is 9.87. The molecule has 2 saturated heterocycles. The number of nitrogens with zero attached hydrogens (tertiary/aromatic N) is 5. The van der Waals surface area contributed by atoms with Crippen molar-refractivity contribution in [3.05, 3.63) is 10.4 Å². The molecule has 2 aliphatic heterocycles. The van der Waals surface area contributed by atoms with Gasteiger partial charge in [-0.25, -0.2) is 17.5 Å². The zero-order valence-electron chi connectivity index (χ0n) is 17.3. The molecule has 0 aliphatic carbocycles. The number of carbonyl (C=O) groups is 3. The smallest absolute Gasteiger partial charge is 0.428 e. The molecule has 0 aromatic carbocycles. The number of azide groups is 1. The number of hydrogen-bond donors (Lipinski definition) is 0. The Morgan fingerprint density at radius 2 is 1.83 bits per heavy atom. The van der Waals surface area contributed by atoms with Gasteiger partial charge in [0.15, 0.2) is 0 Å². The van der Waals surface area contributed by atoms with E-state index in [1.807, 2.05) is 0 Å². The number of sulfonamides is 1. The summed E-state index contributed by atoms with van der Waals surface area (Å²) in [7, 11) is -3.79. The SMILES string of the molecule is CC1CCN(S(=O)(=O)CC(OC(=O)ON2C(=O)CCC2=O)C(C)(C)CN=[N+]=[N-])CC1. The largest absolute Gasteiger partial charge is 0.534 e. The molecule has 0 saturated carbocycles. The van der Waals surface area contributed by atoms with E-state index in [4.69, 9.17) is 15.1 Å². The number of amides is 2. The van der Waals surface area contributed by atoms with Crippen LogP contribution in [0.3, 0.4) is 0 Å². The minimum absolute atomic E-state index is 0.0836. The van der Waals surface area contributed by atoms with Gasteiger partial charge in [0.25, 0.3) is 11.8 Å². The molecular formula is C17H27N5O7S. The second-order valence-electron chi connectivity index (χ2n) is 8.27. The lowest BCUT2D eigenvalue weighted by Crippen LogP contribution is -2.47. The van der Waals surface area contributed by atoms with Crippen molar-refractivity contribution in [1.29, 1.82) is 0 Å². The molecule has 0 spiro atoms. The third kappa shape index (κ3) is 6.07. The predicted octanol–water partition coefficient (Wildman–Crippen LogP) is 1.97. The number of piperidine rings is 1. The van der Waals surface area contributed by atoms with Gasteiger partial charge < -0.3 is 4.74 Å². The molecule has 0 radical (unpaired) electrons. The minimum Gasteiger partial charge on any atom is -0.428 e. The highest BCUT2D eigenvalue weighted by atomic mass is 32.2. The highest BCUT2D eigenvalue weighted by Gasteiger charge is 2.41. The molecule has 168 valence electrons. The van der Waals surface area contributed by atoms with Crippen molar-refractivity contribution in [3.63, 3.8) is 0 Å². The van der Waals surface area contributed by atoms with Crippen LogP contribution in [0, 0.1) is 11.3 Å². The standard InChI is InChI=1S/C17H27N5O7S/c1-12-6-8-21(9-7-12)30(26,27)10-13(17(2,3)11-19-20-18)28-16(25)29-22-14(23)4-5-15(22)24/h12-13H,4-11H2,1-3H3. The number of hydroxylamine groups is 2. The molecule has 2 fully saturated rings. The Morgan fingerprint density at radius 3 is 2.37 bits per heavy atom. The van der Waals surface area contributed by atoms with Crippen molar-refractivity contribution in [2.45, 2.75) is 52.6 Å². The maximum absolute atomic E-state index is 12.9. The second-order valence-corrected chi connectivity index (χ2v) is 10.3. The van der Waals surface area contributed by atoms with Crippen LogP contribution in [0.2, 0.25) is 0 Å². The average Bonchev–Trinajstić information content (AvgIpc) is 2.98. The Labute approximate surface area is 175 Å². The first-order valence-electron chi connectivity index (χ1n) is 9.69. The van der Waals surface area contributed by atoms with Gasteiger partial charge in [0, 0.05) is 42.8 Å². The normalized spacial score (nSPS) is 20.0. The van der Waals surface area contributed by atoms with Crippen LogP contribution >= 0.6 is 0 Å². The fourth-order valence-corrected chi connectivity index (χ4v) is 5.04.